The molecule has 11 heteroatoms. The lowest BCUT2D eigenvalue weighted by Crippen LogP contribution is -2.48. The number of likely N-dealkylation sites (N-methyl/N-ethyl adjacent to an activating group) is 1. The van der Waals surface area contributed by atoms with Crippen molar-refractivity contribution in [3.8, 4) is 11.3 Å². The van der Waals surface area contributed by atoms with Crippen LogP contribution in [0.2, 0.25) is 0 Å². The van der Waals surface area contributed by atoms with Crippen LogP contribution < -0.4 is 15.5 Å². The molecule has 2 fully saturated rings. The predicted octanol–water partition coefficient (Wildman–Crippen LogP) is 1.75. The Morgan fingerprint density at radius 3 is 2.36 bits per heavy atom. The number of nitrogens with two attached hydrogens (primary N) is 1. The molecule has 3 aromatic rings. The number of amides is 1. The highest BCUT2D eigenvalue weighted by atomic mass is 16.5. The quantitative estimate of drug-likeness (QED) is 0.506. The molecule has 2 saturated heterocycles. The number of nitrogens with zero attached hydrogens (tertiary/aromatic N) is 8. The van der Waals surface area contributed by atoms with Crippen molar-refractivity contribution in [2.45, 2.75) is 19.8 Å². The highest BCUT2D eigenvalue weighted by molar-refractivity contribution is 5.80. The van der Waals surface area contributed by atoms with Crippen molar-refractivity contribution in [3.63, 3.8) is 0 Å². The minimum atomic E-state index is 0.197. The molecule has 1 amide bonds. The molecule has 11 nitrogen and oxygen atoms in total. The Morgan fingerprint density at radius 2 is 1.67 bits per heavy atom. The Hall–Kier alpha value is -3.83. The highest BCUT2D eigenvalue weighted by Crippen LogP contribution is 2.39. The van der Waals surface area contributed by atoms with Gasteiger partial charge in [-0.1, -0.05) is 19.1 Å². The molecule has 6 rings (SSSR count). The van der Waals surface area contributed by atoms with E-state index in [-0.39, 0.29) is 11.9 Å². The summed E-state index contributed by atoms with van der Waals surface area (Å²) in [6.07, 6.45) is 4.69. The van der Waals surface area contributed by atoms with Crippen LogP contribution in [0.1, 0.15) is 18.1 Å². The molecule has 39 heavy (non-hydrogen) atoms. The van der Waals surface area contributed by atoms with Gasteiger partial charge in [0, 0.05) is 75.0 Å². The largest absolute Gasteiger partial charge is 0.378 e. The fourth-order valence-corrected chi connectivity index (χ4v) is 5.49. The van der Waals surface area contributed by atoms with Gasteiger partial charge in [-0.3, -0.25) is 4.79 Å². The third-order valence-electron chi connectivity index (χ3n) is 7.83. The summed E-state index contributed by atoms with van der Waals surface area (Å²) in [7, 11) is 0. The fraction of sp³-hybridized carbons (Fsp3) is 0.464. The SMILES string of the molecule is CCN1CCN(C(=O)Cc2ccc(N3CCc4c(-c5cnc(N)nc5)nc(N5CCOCC5)nc43)cc2)CC1. The maximum Gasteiger partial charge on any atom is 0.228 e. The van der Waals surface area contributed by atoms with Crippen molar-refractivity contribution < 1.29 is 9.53 Å². The number of hydrogen-bond donors (Lipinski definition) is 1. The zero-order chi connectivity index (χ0) is 26.8. The summed E-state index contributed by atoms with van der Waals surface area (Å²) in [5, 5.41) is 0. The Kier molecular flexibility index (Phi) is 7.25. The van der Waals surface area contributed by atoms with E-state index in [0.717, 1.165) is 92.7 Å². The fourth-order valence-electron chi connectivity index (χ4n) is 5.49. The second-order valence-corrected chi connectivity index (χ2v) is 10.2. The van der Waals surface area contributed by atoms with Crippen LogP contribution in [-0.2, 0) is 22.4 Å². The molecule has 0 bridgehead atoms. The number of rotatable bonds is 6. The summed E-state index contributed by atoms with van der Waals surface area (Å²) in [4.78, 5) is 40.1. The minimum Gasteiger partial charge on any atom is -0.378 e. The van der Waals surface area contributed by atoms with E-state index in [1.807, 2.05) is 4.90 Å². The Morgan fingerprint density at radius 1 is 0.949 bits per heavy atom. The van der Waals surface area contributed by atoms with Gasteiger partial charge in [-0.25, -0.2) is 15.0 Å². The molecule has 5 heterocycles. The van der Waals surface area contributed by atoms with Gasteiger partial charge in [0.15, 0.2) is 0 Å². The Bertz CT molecular complexity index is 1300. The van der Waals surface area contributed by atoms with Gasteiger partial charge in [0.05, 0.1) is 25.3 Å². The van der Waals surface area contributed by atoms with Gasteiger partial charge >= 0.3 is 0 Å². The number of benzene rings is 1. The van der Waals surface area contributed by atoms with Crippen molar-refractivity contribution in [1.29, 1.82) is 0 Å². The summed E-state index contributed by atoms with van der Waals surface area (Å²) in [6, 6.07) is 8.31. The van der Waals surface area contributed by atoms with Gasteiger partial charge in [-0.2, -0.15) is 4.98 Å². The molecule has 0 radical (unpaired) electrons. The normalized spacial score (nSPS) is 17.9. The summed E-state index contributed by atoms with van der Waals surface area (Å²) < 4.78 is 5.55. The molecule has 1 aromatic carbocycles. The second-order valence-electron chi connectivity index (χ2n) is 10.2. The average Bonchev–Trinajstić information content (AvgIpc) is 3.42. The Balaban J connectivity index is 1.24. The summed E-state index contributed by atoms with van der Waals surface area (Å²) >= 11 is 0. The van der Waals surface area contributed by atoms with E-state index >= 15 is 0 Å². The first-order chi connectivity index (χ1) is 19.1. The van der Waals surface area contributed by atoms with Crippen molar-refractivity contribution >= 4 is 29.3 Å². The van der Waals surface area contributed by atoms with Crippen LogP contribution in [0.15, 0.2) is 36.7 Å². The monoisotopic (exact) mass is 529 g/mol. The summed E-state index contributed by atoms with van der Waals surface area (Å²) in [5.74, 6) is 2.02. The summed E-state index contributed by atoms with van der Waals surface area (Å²) in [6.45, 7) is 10.3. The number of morpholine rings is 1. The molecule has 0 atom stereocenters. The average molecular weight is 530 g/mol. The van der Waals surface area contributed by atoms with Crippen LogP contribution in [0.3, 0.4) is 0 Å². The number of ether oxygens (including phenoxy) is 1. The van der Waals surface area contributed by atoms with Crippen LogP contribution in [0.25, 0.3) is 11.3 Å². The number of piperazine rings is 1. The molecule has 0 aliphatic carbocycles. The smallest absolute Gasteiger partial charge is 0.228 e. The van der Waals surface area contributed by atoms with E-state index in [2.05, 4.69) is 55.9 Å². The number of aromatic nitrogens is 4. The molecule has 3 aliphatic heterocycles. The molecular formula is C28H35N9O2. The van der Waals surface area contributed by atoms with Crippen LogP contribution >= 0.6 is 0 Å². The van der Waals surface area contributed by atoms with Gasteiger partial charge in [0.25, 0.3) is 0 Å². The number of anilines is 4. The topological polar surface area (TPSA) is 117 Å². The van der Waals surface area contributed by atoms with Gasteiger partial charge in [0.1, 0.15) is 5.82 Å². The van der Waals surface area contributed by atoms with Crippen molar-refractivity contribution in [2.24, 2.45) is 0 Å². The third-order valence-corrected chi connectivity index (χ3v) is 7.83. The van der Waals surface area contributed by atoms with Gasteiger partial charge in [-0.15, -0.1) is 0 Å². The molecular weight excluding hydrogens is 494 g/mol. The van der Waals surface area contributed by atoms with E-state index < -0.39 is 0 Å². The lowest BCUT2D eigenvalue weighted by molar-refractivity contribution is -0.132. The highest BCUT2D eigenvalue weighted by Gasteiger charge is 2.29. The first kappa shape index (κ1) is 25.4. The van der Waals surface area contributed by atoms with Crippen LogP contribution in [0, 0.1) is 0 Å². The standard InChI is InChI=1S/C28H35N9O2/c1-2-34-9-11-35(12-10-34)24(38)17-20-3-5-22(6-4-20)37-8-7-23-25(21-18-30-27(29)31-19-21)32-28(33-26(23)37)36-13-15-39-16-14-36/h3-6,18-19H,2,7-17H2,1H3,(H2,29,30,31). The number of fused-ring (bicyclic) bond motifs is 1. The minimum absolute atomic E-state index is 0.197. The zero-order valence-corrected chi connectivity index (χ0v) is 22.4. The van der Waals surface area contributed by atoms with E-state index in [0.29, 0.717) is 25.6 Å². The number of carbonyl (C=O) groups excluding carboxylic acids is 1. The summed E-state index contributed by atoms with van der Waals surface area (Å²) in [5.41, 5.74) is 10.6. The van der Waals surface area contributed by atoms with Gasteiger partial charge in [-0.05, 0) is 30.7 Å². The van der Waals surface area contributed by atoms with Gasteiger partial charge < -0.3 is 30.1 Å². The maximum atomic E-state index is 12.9. The second kappa shape index (κ2) is 11.1. The van der Waals surface area contributed by atoms with Crippen molar-refractivity contribution in [1.82, 2.24) is 29.7 Å². The number of hydrogen-bond acceptors (Lipinski definition) is 10. The third kappa shape index (κ3) is 5.37. The molecule has 0 saturated carbocycles. The van der Waals surface area contributed by atoms with E-state index in [4.69, 9.17) is 20.4 Å². The van der Waals surface area contributed by atoms with E-state index in [1.165, 1.54) is 0 Å². The van der Waals surface area contributed by atoms with E-state index in [1.54, 1.807) is 12.4 Å². The van der Waals surface area contributed by atoms with Crippen LogP contribution in [0.5, 0.6) is 0 Å². The molecule has 0 spiro atoms. The first-order valence-corrected chi connectivity index (χ1v) is 13.8. The molecule has 0 unspecified atom stereocenters. The number of carbonyl (C=O) groups is 1. The Labute approximate surface area is 228 Å². The van der Waals surface area contributed by atoms with E-state index in [9.17, 15) is 4.79 Å². The molecule has 2 aromatic heterocycles. The van der Waals surface area contributed by atoms with Gasteiger partial charge in [0.2, 0.25) is 17.8 Å². The zero-order valence-electron chi connectivity index (χ0n) is 22.4. The number of nitrogen functional groups attached to an aromatic ring is 1. The van der Waals surface area contributed by atoms with Crippen molar-refractivity contribution in [2.75, 3.05) is 81.1 Å². The van der Waals surface area contributed by atoms with Crippen molar-refractivity contribution in [3.05, 3.63) is 47.8 Å². The first-order valence-electron chi connectivity index (χ1n) is 13.8. The molecule has 2 N–H and O–H groups in total. The van der Waals surface area contributed by atoms with Crippen LogP contribution in [0.4, 0.5) is 23.4 Å². The predicted molar refractivity (Wildman–Crippen MR) is 150 cm³/mol. The lowest BCUT2D eigenvalue weighted by Gasteiger charge is -2.34. The lowest BCUT2D eigenvalue weighted by atomic mass is 10.1. The molecule has 204 valence electrons. The maximum absolute atomic E-state index is 12.9. The molecule has 3 aliphatic rings. The van der Waals surface area contributed by atoms with Crippen LogP contribution in [-0.4, -0.2) is 101 Å².